The van der Waals surface area contributed by atoms with Crippen LogP contribution in [0.3, 0.4) is 0 Å². The third-order valence-electron chi connectivity index (χ3n) is 5.40. The first-order valence-corrected chi connectivity index (χ1v) is 9.59. The number of amides is 2. The summed E-state index contributed by atoms with van der Waals surface area (Å²) in [6, 6.07) is 12.0. The van der Waals surface area contributed by atoms with Gasteiger partial charge in [0, 0.05) is 38.1 Å². The second kappa shape index (κ2) is 7.96. The summed E-state index contributed by atoms with van der Waals surface area (Å²) >= 11 is 0. The number of benzene rings is 1. The van der Waals surface area contributed by atoms with Crippen LogP contribution in [0.1, 0.15) is 12.1 Å². The van der Waals surface area contributed by atoms with Gasteiger partial charge in [-0.25, -0.2) is 4.39 Å². The Morgan fingerprint density at radius 2 is 1.79 bits per heavy atom. The van der Waals surface area contributed by atoms with Gasteiger partial charge in [-0.1, -0.05) is 6.07 Å². The smallest absolute Gasteiger partial charge is 0.226 e. The molecule has 2 atom stereocenters. The zero-order valence-corrected chi connectivity index (χ0v) is 15.6. The van der Waals surface area contributed by atoms with E-state index in [4.69, 9.17) is 0 Å². The number of nitrogens with zero attached hydrogens (tertiary/aromatic N) is 3. The van der Waals surface area contributed by atoms with Crippen LogP contribution in [0.15, 0.2) is 48.7 Å². The lowest BCUT2D eigenvalue weighted by Crippen LogP contribution is -2.49. The molecule has 1 aromatic carbocycles. The van der Waals surface area contributed by atoms with Gasteiger partial charge < -0.3 is 15.1 Å². The summed E-state index contributed by atoms with van der Waals surface area (Å²) < 4.78 is 13.1. The average molecular weight is 382 g/mol. The molecule has 2 fully saturated rings. The summed E-state index contributed by atoms with van der Waals surface area (Å²) in [6.45, 7) is 3.04. The van der Waals surface area contributed by atoms with Crippen LogP contribution in [0.2, 0.25) is 0 Å². The van der Waals surface area contributed by atoms with Gasteiger partial charge in [0.25, 0.3) is 0 Å². The van der Waals surface area contributed by atoms with Crippen molar-refractivity contribution in [1.29, 1.82) is 0 Å². The molecule has 1 saturated carbocycles. The molecule has 1 aliphatic carbocycles. The van der Waals surface area contributed by atoms with Gasteiger partial charge in [-0.2, -0.15) is 0 Å². The lowest BCUT2D eigenvalue weighted by molar-refractivity contribution is -0.135. The van der Waals surface area contributed by atoms with Crippen LogP contribution in [-0.2, 0) is 16.1 Å². The number of piperazine rings is 1. The molecule has 0 spiro atoms. The maximum Gasteiger partial charge on any atom is 0.226 e. The Hall–Kier alpha value is -2.96. The third-order valence-corrected chi connectivity index (χ3v) is 5.40. The Bertz CT molecular complexity index is 835. The molecule has 2 amide bonds. The van der Waals surface area contributed by atoms with Gasteiger partial charge in [-0.3, -0.25) is 14.6 Å². The van der Waals surface area contributed by atoms with Gasteiger partial charge in [0.15, 0.2) is 0 Å². The van der Waals surface area contributed by atoms with Crippen molar-refractivity contribution < 1.29 is 14.0 Å². The van der Waals surface area contributed by atoms with E-state index in [1.165, 1.54) is 12.1 Å². The average Bonchev–Trinajstić information content (AvgIpc) is 3.54. The minimum atomic E-state index is -0.251. The predicted octanol–water partition coefficient (Wildman–Crippen LogP) is 1.82. The van der Waals surface area contributed by atoms with E-state index >= 15 is 0 Å². The highest BCUT2D eigenvalue weighted by atomic mass is 19.1. The van der Waals surface area contributed by atoms with E-state index < -0.39 is 0 Å². The molecule has 2 heterocycles. The number of anilines is 1. The quantitative estimate of drug-likeness (QED) is 0.857. The number of carbonyl (C=O) groups excluding carboxylic acids is 2. The number of nitrogens with one attached hydrogen (secondary N) is 1. The minimum absolute atomic E-state index is 0.0664. The highest BCUT2D eigenvalue weighted by Gasteiger charge is 2.49. The molecule has 0 bridgehead atoms. The minimum Gasteiger partial charge on any atom is -0.368 e. The fourth-order valence-electron chi connectivity index (χ4n) is 3.64. The van der Waals surface area contributed by atoms with E-state index in [1.807, 2.05) is 23.1 Å². The van der Waals surface area contributed by atoms with Crippen LogP contribution in [0.5, 0.6) is 0 Å². The van der Waals surface area contributed by atoms with Crippen molar-refractivity contribution in [3.63, 3.8) is 0 Å². The first-order valence-electron chi connectivity index (χ1n) is 9.59. The van der Waals surface area contributed by atoms with Crippen molar-refractivity contribution >= 4 is 17.5 Å². The van der Waals surface area contributed by atoms with Crippen LogP contribution in [0, 0.1) is 17.7 Å². The van der Waals surface area contributed by atoms with E-state index in [2.05, 4.69) is 15.2 Å². The fraction of sp³-hybridized carbons (Fsp3) is 0.381. The Balaban J connectivity index is 1.24. The van der Waals surface area contributed by atoms with E-state index in [-0.39, 0.29) is 29.5 Å². The SMILES string of the molecule is O=C(NCc1ccccn1)C1CC1C(=O)N1CCN(c2ccc(F)cc2)CC1. The van der Waals surface area contributed by atoms with Crippen LogP contribution in [0.4, 0.5) is 10.1 Å². The van der Waals surface area contributed by atoms with Crippen molar-refractivity contribution in [1.82, 2.24) is 15.2 Å². The molecule has 7 heteroatoms. The molecule has 146 valence electrons. The van der Waals surface area contributed by atoms with E-state index in [1.54, 1.807) is 18.3 Å². The molecule has 2 aliphatic rings. The first-order chi connectivity index (χ1) is 13.6. The number of carbonyl (C=O) groups is 2. The monoisotopic (exact) mass is 382 g/mol. The molecule has 28 heavy (non-hydrogen) atoms. The summed E-state index contributed by atoms with van der Waals surface area (Å²) in [4.78, 5) is 33.2. The number of rotatable bonds is 5. The number of aromatic nitrogens is 1. The van der Waals surface area contributed by atoms with Crippen molar-refractivity contribution in [3.8, 4) is 0 Å². The summed E-state index contributed by atoms with van der Waals surface area (Å²) in [5, 5.41) is 2.87. The van der Waals surface area contributed by atoms with Crippen LogP contribution in [0.25, 0.3) is 0 Å². The molecule has 2 unspecified atom stereocenters. The predicted molar refractivity (Wildman–Crippen MR) is 103 cm³/mol. The number of pyridine rings is 1. The van der Waals surface area contributed by atoms with Gasteiger partial charge in [-0.15, -0.1) is 0 Å². The van der Waals surface area contributed by atoms with Gasteiger partial charge in [0.1, 0.15) is 5.82 Å². The molecule has 0 radical (unpaired) electrons. The standard InChI is InChI=1S/C21H23FN4O2/c22-15-4-6-17(7-5-15)25-9-11-26(12-10-25)21(28)19-13-18(19)20(27)24-14-16-3-1-2-8-23-16/h1-8,18-19H,9-14H2,(H,24,27). The molecule has 4 rings (SSSR count). The lowest BCUT2D eigenvalue weighted by Gasteiger charge is -2.36. The molecule has 2 aromatic rings. The van der Waals surface area contributed by atoms with E-state index in [9.17, 15) is 14.0 Å². The van der Waals surface area contributed by atoms with Crippen molar-refractivity contribution in [2.24, 2.45) is 11.8 Å². The first kappa shape index (κ1) is 18.4. The van der Waals surface area contributed by atoms with Gasteiger partial charge in [0.2, 0.25) is 11.8 Å². The van der Waals surface area contributed by atoms with Gasteiger partial charge in [-0.05, 0) is 42.8 Å². The third kappa shape index (κ3) is 4.13. The molecule has 1 N–H and O–H groups in total. The summed E-state index contributed by atoms with van der Waals surface area (Å²) in [5.74, 6) is -0.697. The van der Waals surface area contributed by atoms with Crippen LogP contribution >= 0.6 is 0 Å². The molecule has 1 aliphatic heterocycles. The number of halogens is 1. The Morgan fingerprint density at radius 1 is 1.04 bits per heavy atom. The molecular weight excluding hydrogens is 359 g/mol. The van der Waals surface area contributed by atoms with Crippen molar-refractivity contribution in [2.45, 2.75) is 13.0 Å². The topological polar surface area (TPSA) is 65.5 Å². The van der Waals surface area contributed by atoms with E-state index in [0.717, 1.165) is 11.4 Å². The number of hydrogen-bond donors (Lipinski definition) is 1. The van der Waals surface area contributed by atoms with Crippen molar-refractivity contribution in [3.05, 3.63) is 60.2 Å². The van der Waals surface area contributed by atoms with Gasteiger partial charge >= 0.3 is 0 Å². The largest absolute Gasteiger partial charge is 0.368 e. The van der Waals surface area contributed by atoms with Crippen molar-refractivity contribution in [2.75, 3.05) is 31.1 Å². The molecule has 1 aromatic heterocycles. The summed E-state index contributed by atoms with van der Waals surface area (Å²) in [6.07, 6.45) is 2.31. The highest BCUT2D eigenvalue weighted by Crippen LogP contribution is 2.40. The normalized spacial score (nSPS) is 21.3. The Labute approximate surface area is 163 Å². The van der Waals surface area contributed by atoms with Crippen LogP contribution < -0.4 is 10.2 Å². The second-order valence-corrected chi connectivity index (χ2v) is 7.28. The molecule has 6 nitrogen and oxygen atoms in total. The summed E-state index contributed by atoms with van der Waals surface area (Å²) in [5.41, 5.74) is 1.77. The number of hydrogen-bond acceptors (Lipinski definition) is 4. The second-order valence-electron chi connectivity index (χ2n) is 7.28. The van der Waals surface area contributed by atoms with E-state index in [0.29, 0.717) is 39.1 Å². The fourth-order valence-corrected chi connectivity index (χ4v) is 3.64. The highest BCUT2D eigenvalue weighted by molar-refractivity contribution is 5.92. The van der Waals surface area contributed by atoms with Gasteiger partial charge in [0.05, 0.1) is 24.1 Å². The van der Waals surface area contributed by atoms with Crippen LogP contribution in [-0.4, -0.2) is 47.9 Å². The molecular formula is C21H23FN4O2. The lowest BCUT2D eigenvalue weighted by atomic mass is 10.2. The Morgan fingerprint density at radius 3 is 2.46 bits per heavy atom. The maximum absolute atomic E-state index is 13.1. The summed E-state index contributed by atoms with van der Waals surface area (Å²) in [7, 11) is 0. The molecule has 1 saturated heterocycles. The Kier molecular flexibility index (Phi) is 5.23. The zero-order valence-electron chi connectivity index (χ0n) is 15.6. The maximum atomic E-state index is 13.1. The zero-order chi connectivity index (χ0) is 19.5.